The summed E-state index contributed by atoms with van der Waals surface area (Å²) in [5, 5.41) is 3.41. The predicted octanol–water partition coefficient (Wildman–Crippen LogP) is 1.44. The fraction of sp³-hybridized carbons (Fsp3) is 0.533. The molecule has 1 aromatic carbocycles. The molecule has 2 saturated heterocycles. The molecule has 102 valence electrons. The molecule has 2 fully saturated rings. The zero-order valence-corrected chi connectivity index (χ0v) is 10.9. The van der Waals surface area contributed by atoms with Crippen LogP contribution in [0.2, 0.25) is 0 Å². The average molecular weight is 262 g/mol. The normalized spacial score (nSPS) is 26.3. The number of hydrogen-bond donors (Lipinski definition) is 1. The van der Waals surface area contributed by atoms with E-state index in [2.05, 4.69) is 5.32 Å². The van der Waals surface area contributed by atoms with Crippen LogP contribution in [0.3, 0.4) is 0 Å². The summed E-state index contributed by atoms with van der Waals surface area (Å²) >= 11 is 0. The van der Waals surface area contributed by atoms with E-state index >= 15 is 0 Å². The van der Waals surface area contributed by atoms with Gasteiger partial charge in [0.25, 0.3) is 0 Å². The number of amides is 1. The van der Waals surface area contributed by atoms with Gasteiger partial charge in [0.15, 0.2) is 0 Å². The Morgan fingerprint density at radius 3 is 2.63 bits per heavy atom. The molecule has 3 nitrogen and oxygen atoms in total. The molecular weight excluding hydrogens is 243 g/mol. The first kappa shape index (κ1) is 12.6. The molecule has 0 aromatic heterocycles. The lowest BCUT2D eigenvalue weighted by molar-refractivity contribution is -0.133. The van der Waals surface area contributed by atoms with E-state index in [4.69, 9.17) is 0 Å². The van der Waals surface area contributed by atoms with Crippen molar-refractivity contribution >= 4 is 5.91 Å². The van der Waals surface area contributed by atoms with Gasteiger partial charge in [0.05, 0.1) is 6.42 Å². The Balaban J connectivity index is 1.66. The van der Waals surface area contributed by atoms with Gasteiger partial charge in [0, 0.05) is 13.1 Å². The van der Waals surface area contributed by atoms with Gasteiger partial charge >= 0.3 is 0 Å². The quantitative estimate of drug-likeness (QED) is 0.874. The minimum absolute atomic E-state index is 0.0571. The van der Waals surface area contributed by atoms with Crippen molar-refractivity contribution in [2.45, 2.75) is 12.8 Å². The Bertz CT molecular complexity index is 465. The molecule has 2 atom stereocenters. The Labute approximate surface area is 112 Å². The highest BCUT2D eigenvalue weighted by Crippen LogP contribution is 2.25. The van der Waals surface area contributed by atoms with Crippen LogP contribution in [0.25, 0.3) is 0 Å². The van der Waals surface area contributed by atoms with Crippen molar-refractivity contribution in [3.8, 4) is 0 Å². The van der Waals surface area contributed by atoms with Crippen molar-refractivity contribution in [1.82, 2.24) is 10.2 Å². The molecule has 1 amide bonds. The standard InChI is InChI=1S/C15H19FN2O/c16-14-4-2-1-3-13(14)6-15(19)18-9-11-5-12(10-18)8-17-7-11/h1-4,11-12,17H,5-10H2. The van der Waals surface area contributed by atoms with E-state index in [0.29, 0.717) is 17.4 Å². The molecule has 2 aliphatic rings. The molecule has 1 aromatic rings. The Morgan fingerprint density at radius 2 is 1.95 bits per heavy atom. The number of likely N-dealkylation sites (tertiary alicyclic amines) is 1. The third kappa shape index (κ3) is 2.78. The summed E-state index contributed by atoms with van der Waals surface area (Å²) in [4.78, 5) is 14.2. The van der Waals surface area contributed by atoms with Crippen molar-refractivity contribution < 1.29 is 9.18 Å². The Morgan fingerprint density at radius 1 is 1.26 bits per heavy atom. The number of nitrogens with one attached hydrogen (secondary N) is 1. The van der Waals surface area contributed by atoms with E-state index in [1.165, 1.54) is 12.5 Å². The maximum absolute atomic E-state index is 13.6. The van der Waals surface area contributed by atoms with Crippen molar-refractivity contribution in [3.05, 3.63) is 35.6 Å². The molecule has 0 radical (unpaired) electrons. The van der Waals surface area contributed by atoms with Gasteiger partial charge in [-0.3, -0.25) is 4.79 Å². The topological polar surface area (TPSA) is 32.3 Å². The van der Waals surface area contributed by atoms with Crippen LogP contribution in [0.15, 0.2) is 24.3 Å². The fourth-order valence-corrected chi connectivity index (χ4v) is 3.23. The van der Waals surface area contributed by atoms with E-state index in [1.54, 1.807) is 18.2 Å². The summed E-state index contributed by atoms with van der Waals surface area (Å²) in [7, 11) is 0. The molecule has 3 rings (SSSR count). The second kappa shape index (κ2) is 5.29. The number of hydrogen-bond acceptors (Lipinski definition) is 2. The number of piperidine rings is 2. The molecule has 19 heavy (non-hydrogen) atoms. The van der Waals surface area contributed by atoms with E-state index in [-0.39, 0.29) is 18.1 Å². The molecule has 0 aliphatic carbocycles. The SMILES string of the molecule is O=C(Cc1ccccc1F)N1CC2CNCC(C2)C1. The lowest BCUT2D eigenvalue weighted by Crippen LogP contribution is -2.53. The third-order valence-electron chi connectivity index (χ3n) is 4.14. The van der Waals surface area contributed by atoms with Gasteiger partial charge in [-0.1, -0.05) is 18.2 Å². The largest absolute Gasteiger partial charge is 0.342 e. The fourth-order valence-electron chi connectivity index (χ4n) is 3.23. The van der Waals surface area contributed by atoms with Crippen LogP contribution in [0, 0.1) is 17.7 Å². The molecule has 0 spiro atoms. The number of nitrogens with zero attached hydrogens (tertiary/aromatic N) is 1. The van der Waals surface area contributed by atoms with Crippen LogP contribution < -0.4 is 5.32 Å². The van der Waals surface area contributed by atoms with E-state index in [9.17, 15) is 9.18 Å². The minimum Gasteiger partial charge on any atom is -0.342 e. The summed E-state index contributed by atoms with van der Waals surface area (Å²) in [6.45, 7) is 3.63. The highest BCUT2D eigenvalue weighted by atomic mass is 19.1. The molecular formula is C15H19FN2O. The lowest BCUT2D eigenvalue weighted by Gasteiger charge is -2.41. The maximum atomic E-state index is 13.6. The van der Waals surface area contributed by atoms with Crippen LogP contribution in [0.5, 0.6) is 0 Å². The highest BCUT2D eigenvalue weighted by molar-refractivity contribution is 5.79. The van der Waals surface area contributed by atoms with E-state index in [0.717, 1.165) is 26.2 Å². The van der Waals surface area contributed by atoms with Gasteiger partial charge in [-0.15, -0.1) is 0 Å². The van der Waals surface area contributed by atoms with Crippen molar-refractivity contribution in [3.63, 3.8) is 0 Å². The molecule has 2 aliphatic heterocycles. The van der Waals surface area contributed by atoms with Crippen LogP contribution in [0.4, 0.5) is 4.39 Å². The monoisotopic (exact) mass is 262 g/mol. The number of carbonyl (C=O) groups is 1. The van der Waals surface area contributed by atoms with Gasteiger partial charge in [-0.25, -0.2) is 4.39 Å². The van der Waals surface area contributed by atoms with E-state index < -0.39 is 0 Å². The predicted molar refractivity (Wildman–Crippen MR) is 71.2 cm³/mol. The second-order valence-corrected chi connectivity index (χ2v) is 5.69. The zero-order valence-electron chi connectivity index (χ0n) is 10.9. The second-order valence-electron chi connectivity index (χ2n) is 5.69. The van der Waals surface area contributed by atoms with Gasteiger partial charge in [-0.05, 0) is 43.0 Å². The number of carbonyl (C=O) groups excluding carboxylic acids is 1. The van der Waals surface area contributed by atoms with Crippen LogP contribution >= 0.6 is 0 Å². The first-order valence-corrected chi connectivity index (χ1v) is 6.94. The molecule has 2 unspecified atom stereocenters. The smallest absolute Gasteiger partial charge is 0.227 e. The first-order chi connectivity index (χ1) is 9.22. The summed E-state index contributed by atoms with van der Waals surface area (Å²) in [6.07, 6.45) is 1.40. The van der Waals surface area contributed by atoms with Gasteiger partial charge in [-0.2, -0.15) is 0 Å². The van der Waals surface area contributed by atoms with Crippen molar-refractivity contribution in [2.75, 3.05) is 26.2 Å². The van der Waals surface area contributed by atoms with Gasteiger partial charge in [0.1, 0.15) is 5.82 Å². The number of fused-ring (bicyclic) bond motifs is 2. The number of halogens is 1. The minimum atomic E-state index is -0.283. The highest BCUT2D eigenvalue weighted by Gasteiger charge is 2.32. The summed E-state index contributed by atoms with van der Waals surface area (Å²) < 4.78 is 13.6. The Kier molecular flexibility index (Phi) is 3.51. The summed E-state index contributed by atoms with van der Waals surface area (Å²) in [5.41, 5.74) is 0.501. The third-order valence-corrected chi connectivity index (χ3v) is 4.14. The molecule has 4 heteroatoms. The molecule has 1 N–H and O–H groups in total. The van der Waals surface area contributed by atoms with Crippen LogP contribution in [0.1, 0.15) is 12.0 Å². The zero-order chi connectivity index (χ0) is 13.2. The lowest BCUT2D eigenvalue weighted by atomic mass is 9.85. The van der Waals surface area contributed by atoms with Gasteiger partial charge in [0.2, 0.25) is 5.91 Å². The van der Waals surface area contributed by atoms with Crippen LogP contribution in [-0.2, 0) is 11.2 Å². The molecule has 2 heterocycles. The first-order valence-electron chi connectivity index (χ1n) is 6.94. The van der Waals surface area contributed by atoms with E-state index in [1.807, 2.05) is 4.90 Å². The van der Waals surface area contributed by atoms with Gasteiger partial charge < -0.3 is 10.2 Å². The van der Waals surface area contributed by atoms with Crippen molar-refractivity contribution in [2.24, 2.45) is 11.8 Å². The summed E-state index contributed by atoms with van der Waals surface area (Å²) in [5.74, 6) is 0.908. The maximum Gasteiger partial charge on any atom is 0.227 e. The Hall–Kier alpha value is -1.42. The molecule has 2 bridgehead atoms. The molecule has 0 saturated carbocycles. The number of benzene rings is 1. The average Bonchev–Trinajstić information content (AvgIpc) is 2.41. The summed E-state index contributed by atoms with van der Waals surface area (Å²) in [6, 6.07) is 6.54. The van der Waals surface area contributed by atoms with Crippen molar-refractivity contribution in [1.29, 1.82) is 0 Å². The number of rotatable bonds is 2. The van der Waals surface area contributed by atoms with Crippen LogP contribution in [-0.4, -0.2) is 37.0 Å².